The molecule has 2 atom stereocenters. The van der Waals surface area contributed by atoms with E-state index in [0.29, 0.717) is 6.61 Å². The van der Waals surface area contributed by atoms with Crippen LogP contribution in [0.2, 0.25) is 0 Å². The summed E-state index contributed by atoms with van der Waals surface area (Å²) >= 11 is 0. The third kappa shape index (κ3) is 3.57. The summed E-state index contributed by atoms with van der Waals surface area (Å²) in [6, 6.07) is 6.45. The van der Waals surface area contributed by atoms with E-state index in [1.165, 1.54) is 23.6 Å². The highest BCUT2D eigenvalue weighted by atomic mass is 16.6. The summed E-state index contributed by atoms with van der Waals surface area (Å²) in [7, 11) is 0. The normalized spacial score (nSPS) is 27.1. The first-order valence-corrected chi connectivity index (χ1v) is 6.77. The zero-order valence-electron chi connectivity index (χ0n) is 12.2. The molecule has 1 aromatic rings. The second-order valence-corrected chi connectivity index (χ2v) is 5.78. The van der Waals surface area contributed by atoms with Gasteiger partial charge >= 0.3 is 5.97 Å². The predicted molar refractivity (Wildman–Crippen MR) is 74.0 cm³/mol. The second-order valence-electron chi connectivity index (χ2n) is 5.78. The van der Waals surface area contributed by atoms with Crippen molar-refractivity contribution in [2.24, 2.45) is 0 Å². The molecule has 3 heteroatoms. The summed E-state index contributed by atoms with van der Waals surface area (Å²) < 4.78 is 11.3. The molecule has 1 aromatic carbocycles. The second kappa shape index (κ2) is 5.33. The zero-order chi connectivity index (χ0) is 14.0. The van der Waals surface area contributed by atoms with Gasteiger partial charge in [0, 0.05) is 19.8 Å². The molecule has 0 spiro atoms. The number of esters is 1. The molecule has 0 radical (unpaired) electrons. The maximum Gasteiger partial charge on any atom is 0.303 e. The predicted octanol–water partition coefficient (Wildman–Crippen LogP) is 3.48. The monoisotopic (exact) mass is 262 g/mol. The van der Waals surface area contributed by atoms with E-state index in [0.717, 1.165) is 12.8 Å². The van der Waals surface area contributed by atoms with Gasteiger partial charge < -0.3 is 9.47 Å². The molecule has 2 rings (SSSR count). The van der Waals surface area contributed by atoms with Crippen LogP contribution in [0.4, 0.5) is 0 Å². The number of carbonyl (C=O) groups is 1. The first-order valence-electron chi connectivity index (χ1n) is 6.77. The van der Waals surface area contributed by atoms with Crippen LogP contribution in [0.3, 0.4) is 0 Å². The van der Waals surface area contributed by atoms with Crippen molar-refractivity contribution in [3.63, 3.8) is 0 Å². The highest BCUT2D eigenvalue weighted by molar-refractivity contribution is 5.66. The molecular formula is C16H22O3. The van der Waals surface area contributed by atoms with Gasteiger partial charge in [-0.25, -0.2) is 0 Å². The van der Waals surface area contributed by atoms with Crippen molar-refractivity contribution in [2.45, 2.75) is 52.2 Å². The SMILES string of the molecule is CC(=O)OC1(C)CCOC(c2cc(C)cc(C)c2)C1. The number of ether oxygens (including phenoxy) is 2. The average molecular weight is 262 g/mol. The lowest BCUT2D eigenvalue weighted by molar-refractivity contribution is -0.170. The Morgan fingerprint density at radius 3 is 2.53 bits per heavy atom. The molecule has 104 valence electrons. The number of rotatable bonds is 2. The van der Waals surface area contributed by atoms with Crippen LogP contribution in [0.1, 0.15) is 49.5 Å². The summed E-state index contributed by atoms with van der Waals surface area (Å²) in [5.41, 5.74) is 3.24. The third-order valence-electron chi connectivity index (χ3n) is 3.57. The molecule has 19 heavy (non-hydrogen) atoms. The Balaban J connectivity index is 2.18. The van der Waals surface area contributed by atoms with E-state index >= 15 is 0 Å². The minimum absolute atomic E-state index is 0.0108. The lowest BCUT2D eigenvalue weighted by Crippen LogP contribution is -2.38. The van der Waals surface area contributed by atoms with Gasteiger partial charge in [-0.3, -0.25) is 4.79 Å². The maximum atomic E-state index is 11.2. The van der Waals surface area contributed by atoms with Crippen molar-refractivity contribution in [1.29, 1.82) is 0 Å². The summed E-state index contributed by atoms with van der Waals surface area (Å²) in [6.07, 6.45) is 1.49. The van der Waals surface area contributed by atoms with E-state index < -0.39 is 5.60 Å². The topological polar surface area (TPSA) is 35.5 Å². The van der Waals surface area contributed by atoms with E-state index in [9.17, 15) is 4.79 Å². The maximum absolute atomic E-state index is 11.2. The molecule has 0 aliphatic carbocycles. The lowest BCUT2D eigenvalue weighted by Gasteiger charge is -2.37. The van der Waals surface area contributed by atoms with Crippen molar-refractivity contribution < 1.29 is 14.3 Å². The summed E-state index contributed by atoms with van der Waals surface area (Å²) in [5.74, 6) is -0.219. The number of carbonyl (C=O) groups excluding carboxylic acids is 1. The molecular weight excluding hydrogens is 240 g/mol. The van der Waals surface area contributed by atoms with E-state index in [2.05, 4.69) is 32.0 Å². The van der Waals surface area contributed by atoms with Gasteiger partial charge in [-0.15, -0.1) is 0 Å². The van der Waals surface area contributed by atoms with Crippen LogP contribution in [0.15, 0.2) is 18.2 Å². The van der Waals surface area contributed by atoms with Gasteiger partial charge in [-0.05, 0) is 26.3 Å². The summed E-state index contributed by atoms with van der Waals surface area (Å²) in [5, 5.41) is 0. The van der Waals surface area contributed by atoms with Crippen molar-refractivity contribution in [3.8, 4) is 0 Å². The number of hydrogen-bond donors (Lipinski definition) is 0. The van der Waals surface area contributed by atoms with Crippen molar-refractivity contribution in [1.82, 2.24) is 0 Å². The minimum atomic E-state index is -0.410. The molecule has 1 saturated heterocycles. The van der Waals surface area contributed by atoms with Gasteiger partial charge in [-0.1, -0.05) is 29.3 Å². The number of aryl methyl sites for hydroxylation is 2. The highest BCUT2D eigenvalue weighted by Crippen LogP contribution is 2.37. The Bertz CT molecular complexity index is 461. The van der Waals surface area contributed by atoms with Gasteiger partial charge in [0.1, 0.15) is 5.60 Å². The fourth-order valence-electron chi connectivity index (χ4n) is 2.82. The van der Waals surface area contributed by atoms with Crippen LogP contribution in [-0.4, -0.2) is 18.2 Å². The van der Waals surface area contributed by atoms with E-state index in [4.69, 9.17) is 9.47 Å². The van der Waals surface area contributed by atoms with Gasteiger partial charge in [0.05, 0.1) is 12.7 Å². The molecule has 1 fully saturated rings. The van der Waals surface area contributed by atoms with Crippen LogP contribution in [-0.2, 0) is 14.3 Å². The molecule has 0 N–H and O–H groups in total. The Morgan fingerprint density at radius 2 is 1.95 bits per heavy atom. The van der Waals surface area contributed by atoms with Crippen LogP contribution >= 0.6 is 0 Å². The van der Waals surface area contributed by atoms with Crippen molar-refractivity contribution in [2.75, 3.05) is 6.61 Å². The quantitative estimate of drug-likeness (QED) is 0.765. The van der Waals surface area contributed by atoms with E-state index in [-0.39, 0.29) is 12.1 Å². The Morgan fingerprint density at radius 1 is 1.32 bits per heavy atom. The van der Waals surface area contributed by atoms with Gasteiger partial charge in [0.2, 0.25) is 0 Å². The fourth-order valence-corrected chi connectivity index (χ4v) is 2.82. The van der Waals surface area contributed by atoms with E-state index in [1.807, 2.05) is 6.92 Å². The Hall–Kier alpha value is -1.35. The molecule has 1 aliphatic rings. The number of benzene rings is 1. The minimum Gasteiger partial charge on any atom is -0.459 e. The average Bonchev–Trinajstić information content (AvgIpc) is 2.25. The highest BCUT2D eigenvalue weighted by Gasteiger charge is 2.36. The van der Waals surface area contributed by atoms with Crippen molar-refractivity contribution in [3.05, 3.63) is 34.9 Å². The van der Waals surface area contributed by atoms with Gasteiger partial charge in [-0.2, -0.15) is 0 Å². The van der Waals surface area contributed by atoms with Gasteiger partial charge in [0.15, 0.2) is 0 Å². The van der Waals surface area contributed by atoms with Crippen LogP contribution in [0.25, 0.3) is 0 Å². The molecule has 0 saturated carbocycles. The molecule has 1 heterocycles. The third-order valence-corrected chi connectivity index (χ3v) is 3.57. The molecule has 0 bridgehead atoms. The molecule has 3 nitrogen and oxygen atoms in total. The van der Waals surface area contributed by atoms with Crippen LogP contribution in [0.5, 0.6) is 0 Å². The first kappa shape index (κ1) is 14.1. The molecule has 0 aromatic heterocycles. The first-order chi connectivity index (χ1) is 8.88. The molecule has 2 unspecified atom stereocenters. The lowest BCUT2D eigenvalue weighted by atomic mass is 9.88. The summed E-state index contributed by atoms with van der Waals surface area (Å²) in [6.45, 7) is 8.26. The summed E-state index contributed by atoms with van der Waals surface area (Å²) in [4.78, 5) is 11.2. The molecule has 0 amide bonds. The smallest absolute Gasteiger partial charge is 0.303 e. The Labute approximate surface area is 114 Å². The van der Waals surface area contributed by atoms with Crippen LogP contribution in [0, 0.1) is 13.8 Å². The van der Waals surface area contributed by atoms with Crippen LogP contribution < -0.4 is 0 Å². The van der Waals surface area contributed by atoms with E-state index in [1.54, 1.807) is 0 Å². The fraction of sp³-hybridized carbons (Fsp3) is 0.562. The largest absolute Gasteiger partial charge is 0.459 e. The number of hydrogen-bond acceptors (Lipinski definition) is 3. The van der Waals surface area contributed by atoms with Crippen molar-refractivity contribution >= 4 is 5.97 Å². The standard InChI is InChI=1S/C16H22O3/c1-11-7-12(2)9-14(8-11)15-10-16(4,5-6-18-15)19-13(3)17/h7-9,15H,5-6,10H2,1-4H3. The molecule has 1 aliphatic heterocycles. The Kier molecular flexibility index (Phi) is 3.95. The zero-order valence-corrected chi connectivity index (χ0v) is 12.2. The van der Waals surface area contributed by atoms with Gasteiger partial charge in [0.25, 0.3) is 0 Å².